The summed E-state index contributed by atoms with van der Waals surface area (Å²) in [6.07, 6.45) is 8.43. The minimum atomic E-state index is 0.752. The molecule has 3 heteroatoms. The number of nitrogens with one attached hydrogen (secondary N) is 1. The lowest BCUT2D eigenvalue weighted by Gasteiger charge is -2.36. The van der Waals surface area contributed by atoms with Gasteiger partial charge in [-0.3, -0.25) is 4.90 Å². The van der Waals surface area contributed by atoms with Gasteiger partial charge < -0.3 is 10.2 Å². The summed E-state index contributed by atoms with van der Waals surface area (Å²) >= 11 is 0. The van der Waals surface area contributed by atoms with Crippen molar-refractivity contribution >= 4 is 0 Å². The first-order valence-electron chi connectivity index (χ1n) is 8.34. The predicted molar refractivity (Wildman–Crippen MR) is 82.6 cm³/mol. The van der Waals surface area contributed by atoms with Crippen molar-refractivity contribution in [3.8, 4) is 0 Å². The first-order chi connectivity index (χ1) is 9.24. The average Bonchev–Trinajstić information content (AvgIpc) is 2.86. The maximum atomic E-state index is 3.54. The standard InChI is InChI=1S/C16H33N3/c1-4-19-11-7-9-15(19)13-18(3)12-14-8-5-6-10-16(14)17-2/h14-17H,4-13H2,1-3H3. The molecule has 1 N–H and O–H groups in total. The zero-order chi connectivity index (χ0) is 13.7. The van der Waals surface area contributed by atoms with Crippen LogP contribution in [0.15, 0.2) is 0 Å². The zero-order valence-electron chi connectivity index (χ0n) is 13.2. The Hall–Kier alpha value is -0.120. The van der Waals surface area contributed by atoms with Crippen LogP contribution in [0.2, 0.25) is 0 Å². The molecule has 2 fully saturated rings. The van der Waals surface area contributed by atoms with Crippen LogP contribution in [0.25, 0.3) is 0 Å². The Morgan fingerprint density at radius 1 is 1.11 bits per heavy atom. The first-order valence-corrected chi connectivity index (χ1v) is 8.34. The topological polar surface area (TPSA) is 18.5 Å². The van der Waals surface area contributed by atoms with Crippen molar-refractivity contribution in [3.63, 3.8) is 0 Å². The molecule has 0 radical (unpaired) electrons. The van der Waals surface area contributed by atoms with Crippen LogP contribution in [0, 0.1) is 5.92 Å². The fraction of sp³-hybridized carbons (Fsp3) is 1.00. The summed E-state index contributed by atoms with van der Waals surface area (Å²) in [6.45, 7) is 7.38. The molecule has 1 saturated heterocycles. The molecule has 0 aromatic heterocycles. The van der Waals surface area contributed by atoms with Gasteiger partial charge in [0.05, 0.1) is 0 Å². The fourth-order valence-electron chi connectivity index (χ4n) is 4.16. The third kappa shape index (κ3) is 4.17. The quantitative estimate of drug-likeness (QED) is 0.796. The molecule has 19 heavy (non-hydrogen) atoms. The van der Waals surface area contributed by atoms with Gasteiger partial charge in [0, 0.05) is 25.2 Å². The molecule has 1 aliphatic carbocycles. The number of hydrogen-bond donors (Lipinski definition) is 1. The zero-order valence-corrected chi connectivity index (χ0v) is 13.2. The number of rotatable bonds is 6. The molecule has 0 spiro atoms. The Bertz CT molecular complexity index is 256. The van der Waals surface area contributed by atoms with Crippen molar-refractivity contribution in [1.29, 1.82) is 0 Å². The first kappa shape index (κ1) is 15.3. The van der Waals surface area contributed by atoms with Gasteiger partial charge in [-0.15, -0.1) is 0 Å². The van der Waals surface area contributed by atoms with Crippen molar-refractivity contribution in [3.05, 3.63) is 0 Å². The van der Waals surface area contributed by atoms with Gasteiger partial charge >= 0.3 is 0 Å². The lowest BCUT2D eigenvalue weighted by molar-refractivity contribution is 0.154. The highest BCUT2D eigenvalue weighted by atomic mass is 15.2. The van der Waals surface area contributed by atoms with Crippen LogP contribution < -0.4 is 5.32 Å². The molecule has 3 unspecified atom stereocenters. The van der Waals surface area contributed by atoms with E-state index < -0.39 is 0 Å². The molecule has 2 aliphatic rings. The van der Waals surface area contributed by atoms with E-state index in [0.29, 0.717) is 0 Å². The molecule has 1 saturated carbocycles. The summed E-state index contributed by atoms with van der Waals surface area (Å²) in [5.41, 5.74) is 0. The maximum absolute atomic E-state index is 3.54. The number of likely N-dealkylation sites (tertiary alicyclic amines) is 1. The largest absolute Gasteiger partial charge is 0.317 e. The monoisotopic (exact) mass is 267 g/mol. The van der Waals surface area contributed by atoms with Gasteiger partial charge in [-0.1, -0.05) is 19.8 Å². The third-order valence-electron chi connectivity index (χ3n) is 5.25. The molecular weight excluding hydrogens is 234 g/mol. The Balaban J connectivity index is 1.78. The Morgan fingerprint density at radius 3 is 2.63 bits per heavy atom. The molecule has 1 heterocycles. The summed E-state index contributed by atoms with van der Waals surface area (Å²) < 4.78 is 0. The van der Waals surface area contributed by atoms with Gasteiger partial charge in [0.15, 0.2) is 0 Å². The highest BCUT2D eigenvalue weighted by Crippen LogP contribution is 2.25. The van der Waals surface area contributed by atoms with E-state index >= 15 is 0 Å². The molecule has 2 rings (SSSR count). The summed E-state index contributed by atoms with van der Waals surface area (Å²) in [7, 11) is 4.46. The summed E-state index contributed by atoms with van der Waals surface area (Å²) in [5.74, 6) is 0.861. The van der Waals surface area contributed by atoms with E-state index in [0.717, 1.165) is 18.0 Å². The Morgan fingerprint density at radius 2 is 1.89 bits per heavy atom. The molecular formula is C16H33N3. The van der Waals surface area contributed by atoms with Gasteiger partial charge in [-0.2, -0.15) is 0 Å². The van der Waals surface area contributed by atoms with E-state index in [1.807, 2.05) is 0 Å². The highest BCUT2D eigenvalue weighted by Gasteiger charge is 2.28. The molecule has 3 atom stereocenters. The second kappa shape index (κ2) is 7.61. The van der Waals surface area contributed by atoms with Gasteiger partial charge in [-0.25, -0.2) is 0 Å². The van der Waals surface area contributed by atoms with Crippen LogP contribution >= 0.6 is 0 Å². The predicted octanol–water partition coefficient (Wildman–Crippen LogP) is 2.18. The molecule has 0 aromatic rings. The lowest BCUT2D eigenvalue weighted by Crippen LogP contribution is -2.45. The van der Waals surface area contributed by atoms with Crippen LogP contribution in [0.4, 0.5) is 0 Å². The Kier molecular flexibility index (Phi) is 6.11. The van der Waals surface area contributed by atoms with E-state index in [2.05, 4.69) is 36.1 Å². The molecule has 112 valence electrons. The average molecular weight is 267 g/mol. The lowest BCUT2D eigenvalue weighted by atomic mass is 9.84. The van der Waals surface area contributed by atoms with Gasteiger partial charge in [0.1, 0.15) is 0 Å². The van der Waals surface area contributed by atoms with Crippen LogP contribution in [-0.4, -0.2) is 62.2 Å². The Labute approximate surface area is 119 Å². The molecule has 0 aromatic carbocycles. The number of hydrogen-bond acceptors (Lipinski definition) is 3. The van der Waals surface area contributed by atoms with Crippen LogP contribution in [0.5, 0.6) is 0 Å². The van der Waals surface area contributed by atoms with Crippen molar-refractivity contribution in [1.82, 2.24) is 15.1 Å². The molecule has 0 amide bonds. The number of nitrogens with zero attached hydrogens (tertiary/aromatic N) is 2. The van der Waals surface area contributed by atoms with E-state index in [1.165, 1.54) is 64.7 Å². The van der Waals surface area contributed by atoms with Gasteiger partial charge in [0.25, 0.3) is 0 Å². The SMILES string of the molecule is CCN1CCCC1CN(C)CC1CCCCC1NC. The van der Waals surface area contributed by atoms with E-state index in [9.17, 15) is 0 Å². The maximum Gasteiger partial charge on any atom is 0.0223 e. The van der Waals surface area contributed by atoms with Crippen molar-refractivity contribution in [2.24, 2.45) is 5.92 Å². The second-order valence-electron chi connectivity index (χ2n) is 6.59. The van der Waals surface area contributed by atoms with Crippen LogP contribution in [-0.2, 0) is 0 Å². The highest BCUT2D eigenvalue weighted by molar-refractivity contribution is 4.84. The summed E-state index contributed by atoms with van der Waals surface area (Å²) in [6, 6.07) is 1.56. The third-order valence-corrected chi connectivity index (χ3v) is 5.25. The van der Waals surface area contributed by atoms with Crippen LogP contribution in [0.3, 0.4) is 0 Å². The van der Waals surface area contributed by atoms with Gasteiger partial charge in [0.2, 0.25) is 0 Å². The summed E-state index contributed by atoms with van der Waals surface area (Å²) in [4.78, 5) is 5.26. The normalized spacial score (nSPS) is 33.2. The van der Waals surface area contributed by atoms with Crippen molar-refractivity contribution in [2.75, 3.05) is 40.3 Å². The second-order valence-corrected chi connectivity index (χ2v) is 6.59. The molecule has 0 bridgehead atoms. The van der Waals surface area contributed by atoms with Crippen molar-refractivity contribution in [2.45, 2.75) is 57.5 Å². The van der Waals surface area contributed by atoms with E-state index in [4.69, 9.17) is 0 Å². The molecule has 1 aliphatic heterocycles. The minimum Gasteiger partial charge on any atom is -0.317 e. The minimum absolute atomic E-state index is 0.752. The van der Waals surface area contributed by atoms with Crippen LogP contribution in [0.1, 0.15) is 45.4 Å². The molecule has 3 nitrogen and oxygen atoms in total. The summed E-state index contributed by atoms with van der Waals surface area (Å²) in [5, 5.41) is 3.54. The van der Waals surface area contributed by atoms with E-state index in [1.54, 1.807) is 0 Å². The van der Waals surface area contributed by atoms with Gasteiger partial charge in [-0.05, 0) is 58.8 Å². The number of likely N-dealkylation sites (N-methyl/N-ethyl adjacent to an activating group) is 2. The smallest absolute Gasteiger partial charge is 0.0223 e. The van der Waals surface area contributed by atoms with Crippen molar-refractivity contribution < 1.29 is 0 Å². The van der Waals surface area contributed by atoms with E-state index in [-0.39, 0.29) is 0 Å². The fourth-order valence-corrected chi connectivity index (χ4v) is 4.16.